The van der Waals surface area contributed by atoms with Crippen LogP contribution in [0.4, 0.5) is 24.8 Å². The number of anilines is 2. The number of hydrogen-bond acceptors (Lipinski definition) is 5. The SMILES string of the molecule is CN(c1nc(-c2ccc3ccccc3n2)c2[nH]ncc2n1)c1ccc(C(F)(F)F)cc1Cl. The number of rotatable bonds is 3. The lowest BCUT2D eigenvalue weighted by atomic mass is 10.1. The second-order valence-corrected chi connectivity index (χ2v) is 7.52. The van der Waals surface area contributed by atoms with Gasteiger partial charge in [-0.2, -0.15) is 18.3 Å². The largest absolute Gasteiger partial charge is 0.416 e. The van der Waals surface area contributed by atoms with E-state index < -0.39 is 11.7 Å². The summed E-state index contributed by atoms with van der Waals surface area (Å²) in [6, 6.07) is 14.6. The molecule has 5 rings (SSSR count). The molecule has 2 aromatic carbocycles. The molecular formula is C22H14ClF3N6. The lowest BCUT2D eigenvalue weighted by Crippen LogP contribution is -2.15. The van der Waals surface area contributed by atoms with Crippen molar-refractivity contribution in [3.63, 3.8) is 0 Å². The predicted molar refractivity (Wildman–Crippen MR) is 117 cm³/mol. The lowest BCUT2D eigenvalue weighted by molar-refractivity contribution is -0.137. The van der Waals surface area contributed by atoms with Gasteiger partial charge in [-0.15, -0.1) is 0 Å². The number of para-hydroxylation sites is 1. The van der Waals surface area contributed by atoms with Gasteiger partial charge in [0.2, 0.25) is 5.95 Å². The van der Waals surface area contributed by atoms with Gasteiger partial charge in [0.25, 0.3) is 0 Å². The van der Waals surface area contributed by atoms with Crippen LogP contribution in [-0.4, -0.2) is 32.2 Å². The van der Waals surface area contributed by atoms with Gasteiger partial charge < -0.3 is 4.90 Å². The van der Waals surface area contributed by atoms with Crippen molar-refractivity contribution < 1.29 is 13.2 Å². The molecule has 0 radical (unpaired) electrons. The highest BCUT2D eigenvalue weighted by Crippen LogP contribution is 2.37. The summed E-state index contributed by atoms with van der Waals surface area (Å²) in [6.07, 6.45) is -2.94. The molecule has 5 aromatic rings. The number of aromatic amines is 1. The Kier molecular flexibility index (Phi) is 4.70. The van der Waals surface area contributed by atoms with E-state index >= 15 is 0 Å². The van der Waals surface area contributed by atoms with E-state index in [1.165, 1.54) is 11.0 Å². The van der Waals surface area contributed by atoms with Gasteiger partial charge in [0.15, 0.2) is 0 Å². The van der Waals surface area contributed by atoms with Gasteiger partial charge in [-0.3, -0.25) is 5.10 Å². The number of pyridine rings is 1. The number of nitrogens with zero attached hydrogens (tertiary/aromatic N) is 5. The summed E-state index contributed by atoms with van der Waals surface area (Å²) < 4.78 is 39.0. The molecule has 0 aliphatic carbocycles. The molecule has 32 heavy (non-hydrogen) atoms. The number of nitrogens with one attached hydrogen (secondary N) is 1. The molecule has 3 heterocycles. The molecular weight excluding hydrogens is 441 g/mol. The minimum absolute atomic E-state index is 0.0661. The van der Waals surface area contributed by atoms with Crippen molar-refractivity contribution in [1.82, 2.24) is 25.1 Å². The molecule has 0 saturated heterocycles. The quantitative estimate of drug-likeness (QED) is 0.361. The second-order valence-electron chi connectivity index (χ2n) is 7.11. The lowest BCUT2D eigenvalue weighted by Gasteiger charge is -2.20. The van der Waals surface area contributed by atoms with E-state index in [4.69, 9.17) is 16.6 Å². The number of hydrogen-bond donors (Lipinski definition) is 1. The first-order valence-corrected chi connectivity index (χ1v) is 9.87. The Hall–Kier alpha value is -3.72. The Bertz CT molecular complexity index is 1460. The monoisotopic (exact) mass is 454 g/mol. The molecule has 0 fully saturated rings. The molecule has 0 saturated carbocycles. The van der Waals surface area contributed by atoms with Gasteiger partial charge in [0.1, 0.15) is 16.7 Å². The van der Waals surface area contributed by atoms with Crippen molar-refractivity contribution in [2.45, 2.75) is 6.18 Å². The van der Waals surface area contributed by atoms with Gasteiger partial charge in [-0.05, 0) is 30.3 Å². The highest BCUT2D eigenvalue weighted by molar-refractivity contribution is 6.33. The van der Waals surface area contributed by atoms with E-state index in [0.717, 1.165) is 23.0 Å². The fourth-order valence-corrected chi connectivity index (χ4v) is 3.73. The third-order valence-electron chi connectivity index (χ3n) is 5.07. The average molecular weight is 455 g/mol. The first-order valence-electron chi connectivity index (χ1n) is 9.49. The Morgan fingerprint density at radius 1 is 0.938 bits per heavy atom. The molecule has 0 atom stereocenters. The Balaban J connectivity index is 1.63. The zero-order valence-corrected chi connectivity index (χ0v) is 17.3. The number of aromatic nitrogens is 5. The number of alkyl halides is 3. The molecule has 0 spiro atoms. The summed E-state index contributed by atoms with van der Waals surface area (Å²) in [7, 11) is 1.63. The van der Waals surface area contributed by atoms with Crippen LogP contribution in [0.5, 0.6) is 0 Å². The van der Waals surface area contributed by atoms with Crippen LogP contribution in [-0.2, 0) is 6.18 Å². The first kappa shape index (κ1) is 20.2. The molecule has 0 aliphatic rings. The topological polar surface area (TPSA) is 70.6 Å². The predicted octanol–water partition coefficient (Wildman–Crippen LogP) is 6.01. The zero-order valence-electron chi connectivity index (χ0n) is 16.5. The summed E-state index contributed by atoms with van der Waals surface area (Å²) in [5.74, 6) is 0.241. The Labute approximate surface area is 184 Å². The molecule has 1 N–H and O–H groups in total. The number of fused-ring (bicyclic) bond motifs is 2. The van der Waals surface area contributed by atoms with E-state index in [-0.39, 0.29) is 11.0 Å². The van der Waals surface area contributed by atoms with E-state index in [0.29, 0.717) is 28.1 Å². The van der Waals surface area contributed by atoms with Crippen LogP contribution in [0.2, 0.25) is 5.02 Å². The third kappa shape index (κ3) is 3.50. The van der Waals surface area contributed by atoms with Crippen molar-refractivity contribution in [2.24, 2.45) is 0 Å². The van der Waals surface area contributed by atoms with Crippen LogP contribution in [0, 0.1) is 0 Å². The maximum atomic E-state index is 13.0. The van der Waals surface area contributed by atoms with E-state index in [1.807, 2.05) is 36.4 Å². The normalized spacial score (nSPS) is 11.9. The van der Waals surface area contributed by atoms with Crippen molar-refractivity contribution in [3.05, 3.63) is 71.4 Å². The molecule has 6 nitrogen and oxygen atoms in total. The number of halogens is 4. The Morgan fingerprint density at radius 3 is 2.53 bits per heavy atom. The van der Waals surface area contributed by atoms with Gasteiger partial charge in [0, 0.05) is 12.4 Å². The van der Waals surface area contributed by atoms with Gasteiger partial charge in [-0.25, -0.2) is 15.0 Å². The summed E-state index contributed by atoms with van der Waals surface area (Å²) in [6.45, 7) is 0. The molecule has 0 aliphatic heterocycles. The molecule has 10 heteroatoms. The van der Waals surface area contributed by atoms with Crippen LogP contribution in [0.3, 0.4) is 0 Å². The standard InChI is InChI=1S/C22H14ClF3N6/c1-32(18-9-7-13(10-14(18)23)22(24,25)26)21-29-17-11-27-31-20(17)19(30-21)16-8-6-12-4-2-3-5-15(12)28-16/h2-11H,1H3,(H,27,31). The first-order chi connectivity index (χ1) is 15.3. The summed E-state index contributed by atoms with van der Waals surface area (Å²) in [5.41, 5.74) is 2.57. The minimum atomic E-state index is -4.48. The maximum absolute atomic E-state index is 13.0. The second kappa shape index (κ2) is 7.45. The molecule has 160 valence electrons. The van der Waals surface area contributed by atoms with Crippen molar-refractivity contribution in [3.8, 4) is 11.4 Å². The van der Waals surface area contributed by atoms with Crippen molar-refractivity contribution in [2.75, 3.05) is 11.9 Å². The summed E-state index contributed by atoms with van der Waals surface area (Å²) in [5, 5.41) is 7.87. The van der Waals surface area contributed by atoms with Crippen LogP contribution >= 0.6 is 11.6 Å². The number of H-pyrrole nitrogens is 1. The maximum Gasteiger partial charge on any atom is 0.416 e. The number of benzene rings is 2. The fourth-order valence-electron chi connectivity index (χ4n) is 3.42. The zero-order chi connectivity index (χ0) is 22.5. The van der Waals surface area contributed by atoms with Gasteiger partial charge >= 0.3 is 6.18 Å². The third-order valence-corrected chi connectivity index (χ3v) is 5.37. The Morgan fingerprint density at radius 2 is 1.75 bits per heavy atom. The molecule has 0 amide bonds. The average Bonchev–Trinajstić information content (AvgIpc) is 3.26. The van der Waals surface area contributed by atoms with Crippen molar-refractivity contribution in [1.29, 1.82) is 0 Å². The van der Waals surface area contributed by atoms with E-state index in [9.17, 15) is 13.2 Å². The summed E-state index contributed by atoms with van der Waals surface area (Å²) in [4.78, 5) is 15.3. The highest BCUT2D eigenvalue weighted by Gasteiger charge is 2.31. The van der Waals surface area contributed by atoms with E-state index in [1.54, 1.807) is 13.2 Å². The smallest absolute Gasteiger partial charge is 0.312 e. The summed E-state index contributed by atoms with van der Waals surface area (Å²) >= 11 is 6.17. The minimum Gasteiger partial charge on any atom is -0.312 e. The van der Waals surface area contributed by atoms with E-state index in [2.05, 4.69) is 20.2 Å². The van der Waals surface area contributed by atoms with Crippen LogP contribution in [0.25, 0.3) is 33.3 Å². The molecule has 3 aromatic heterocycles. The molecule has 0 bridgehead atoms. The van der Waals surface area contributed by atoms with Crippen LogP contribution in [0.15, 0.2) is 60.8 Å². The van der Waals surface area contributed by atoms with Crippen LogP contribution < -0.4 is 4.90 Å². The van der Waals surface area contributed by atoms with Gasteiger partial charge in [0.05, 0.1) is 33.7 Å². The highest BCUT2D eigenvalue weighted by atomic mass is 35.5. The van der Waals surface area contributed by atoms with Crippen LogP contribution in [0.1, 0.15) is 5.56 Å². The molecule has 0 unspecified atom stereocenters. The van der Waals surface area contributed by atoms with Gasteiger partial charge in [-0.1, -0.05) is 35.9 Å². The van der Waals surface area contributed by atoms with Crippen molar-refractivity contribution >= 4 is 45.2 Å². The fraction of sp³-hybridized carbons (Fsp3) is 0.0909.